The third-order valence-electron chi connectivity index (χ3n) is 0.883. The maximum atomic E-state index is 2.18. The van der Waals surface area contributed by atoms with E-state index in [9.17, 15) is 0 Å². The van der Waals surface area contributed by atoms with E-state index in [1.165, 1.54) is 12.8 Å². The highest BCUT2D eigenvalue weighted by Gasteiger charge is 1.77. The second-order valence-electron chi connectivity index (χ2n) is 1.43. The van der Waals surface area contributed by atoms with Crippen molar-refractivity contribution in [2.24, 2.45) is 0 Å². The van der Waals surface area contributed by atoms with Crippen molar-refractivity contribution in [3.63, 3.8) is 0 Å². The minimum atomic E-state index is 0. The predicted octanol–water partition coefficient (Wildman–Crippen LogP) is 0.243. The SMILES string of the molecule is C1=CCCC=C1.O.O. The largest absolute Gasteiger partial charge is 0.412 e. The molecule has 0 atom stereocenters. The van der Waals surface area contributed by atoms with Gasteiger partial charge in [0.05, 0.1) is 0 Å². The van der Waals surface area contributed by atoms with Gasteiger partial charge in [0.1, 0.15) is 0 Å². The van der Waals surface area contributed by atoms with Crippen LogP contribution >= 0.6 is 0 Å². The Hall–Kier alpha value is -0.600. The molecule has 2 heteroatoms. The molecule has 0 aromatic heterocycles. The maximum Gasteiger partial charge on any atom is -0.0313 e. The van der Waals surface area contributed by atoms with Crippen LogP contribution < -0.4 is 0 Å². The van der Waals surface area contributed by atoms with Gasteiger partial charge in [0, 0.05) is 0 Å². The van der Waals surface area contributed by atoms with Crippen molar-refractivity contribution in [2.75, 3.05) is 0 Å². The molecule has 0 heterocycles. The van der Waals surface area contributed by atoms with E-state index >= 15 is 0 Å². The molecular formula is C6H12O2. The van der Waals surface area contributed by atoms with Gasteiger partial charge in [-0.15, -0.1) is 0 Å². The molecule has 1 rings (SSSR count). The third-order valence-corrected chi connectivity index (χ3v) is 0.883. The van der Waals surface area contributed by atoms with Crippen LogP contribution in [0.2, 0.25) is 0 Å². The van der Waals surface area contributed by atoms with Gasteiger partial charge >= 0.3 is 0 Å². The normalized spacial score (nSPS) is 14.0. The van der Waals surface area contributed by atoms with Crippen molar-refractivity contribution in [2.45, 2.75) is 12.8 Å². The van der Waals surface area contributed by atoms with E-state index < -0.39 is 0 Å². The fourth-order valence-corrected chi connectivity index (χ4v) is 0.542. The summed E-state index contributed by atoms with van der Waals surface area (Å²) in [5.74, 6) is 0. The number of hydrogen-bond acceptors (Lipinski definition) is 0. The summed E-state index contributed by atoms with van der Waals surface area (Å²) in [6, 6.07) is 0. The van der Waals surface area contributed by atoms with Crippen LogP contribution in [-0.4, -0.2) is 11.0 Å². The Morgan fingerprint density at radius 1 is 0.750 bits per heavy atom. The van der Waals surface area contributed by atoms with Crippen molar-refractivity contribution < 1.29 is 11.0 Å². The van der Waals surface area contributed by atoms with Crippen LogP contribution in [0.25, 0.3) is 0 Å². The molecule has 2 nitrogen and oxygen atoms in total. The third kappa shape index (κ3) is 3.59. The molecule has 0 aromatic carbocycles. The molecule has 1 aliphatic rings. The standard InChI is InChI=1S/C6H8.2H2O/c1-2-4-6-5-3-1;;/h1-4H,5-6H2;2*1H2. The Morgan fingerprint density at radius 3 is 1.25 bits per heavy atom. The zero-order chi connectivity index (χ0) is 4.24. The highest BCUT2D eigenvalue weighted by molar-refractivity contribution is 5.07. The van der Waals surface area contributed by atoms with Gasteiger partial charge < -0.3 is 11.0 Å². The minimum absolute atomic E-state index is 0. The molecule has 8 heavy (non-hydrogen) atoms. The average molecular weight is 116 g/mol. The quantitative estimate of drug-likeness (QED) is 0.435. The van der Waals surface area contributed by atoms with Crippen LogP contribution in [0.1, 0.15) is 12.8 Å². The van der Waals surface area contributed by atoms with Crippen LogP contribution in [0.5, 0.6) is 0 Å². The Kier molecular flexibility index (Phi) is 8.32. The summed E-state index contributed by atoms with van der Waals surface area (Å²) in [5, 5.41) is 0. The Labute approximate surface area is 49.1 Å². The lowest BCUT2D eigenvalue weighted by atomic mass is 10.2. The van der Waals surface area contributed by atoms with Crippen LogP contribution in [0.15, 0.2) is 24.3 Å². The van der Waals surface area contributed by atoms with Crippen molar-refractivity contribution in [1.82, 2.24) is 0 Å². The van der Waals surface area contributed by atoms with E-state index in [4.69, 9.17) is 0 Å². The second kappa shape index (κ2) is 6.40. The van der Waals surface area contributed by atoms with Gasteiger partial charge in [0.15, 0.2) is 0 Å². The molecule has 0 amide bonds. The Balaban J connectivity index is 0. The van der Waals surface area contributed by atoms with Gasteiger partial charge in [0.25, 0.3) is 0 Å². The summed E-state index contributed by atoms with van der Waals surface area (Å²) in [6.45, 7) is 0. The summed E-state index contributed by atoms with van der Waals surface area (Å²) in [4.78, 5) is 0. The van der Waals surface area contributed by atoms with Crippen LogP contribution in [0, 0.1) is 0 Å². The van der Waals surface area contributed by atoms with Crippen molar-refractivity contribution >= 4 is 0 Å². The highest BCUT2D eigenvalue weighted by Crippen LogP contribution is 1.98. The number of allylic oxidation sites excluding steroid dienone is 4. The lowest BCUT2D eigenvalue weighted by molar-refractivity contribution is 0.823. The predicted molar refractivity (Wildman–Crippen MR) is 34.7 cm³/mol. The number of hydrogen-bond donors (Lipinski definition) is 0. The van der Waals surface area contributed by atoms with Gasteiger partial charge in [-0.1, -0.05) is 24.3 Å². The summed E-state index contributed by atoms with van der Waals surface area (Å²) in [7, 11) is 0. The lowest BCUT2D eigenvalue weighted by Gasteiger charge is -1.88. The van der Waals surface area contributed by atoms with Gasteiger partial charge in [-0.3, -0.25) is 0 Å². The van der Waals surface area contributed by atoms with E-state index in [2.05, 4.69) is 24.3 Å². The Morgan fingerprint density at radius 2 is 1.12 bits per heavy atom. The summed E-state index contributed by atoms with van der Waals surface area (Å²) < 4.78 is 0. The van der Waals surface area contributed by atoms with Gasteiger partial charge in [-0.25, -0.2) is 0 Å². The fourth-order valence-electron chi connectivity index (χ4n) is 0.542. The van der Waals surface area contributed by atoms with Gasteiger partial charge in [-0.05, 0) is 12.8 Å². The molecule has 0 aromatic rings. The van der Waals surface area contributed by atoms with Gasteiger partial charge in [-0.2, -0.15) is 0 Å². The van der Waals surface area contributed by atoms with Gasteiger partial charge in [0.2, 0.25) is 0 Å². The first kappa shape index (κ1) is 10.4. The topological polar surface area (TPSA) is 63.0 Å². The highest BCUT2D eigenvalue weighted by atomic mass is 16.0. The monoisotopic (exact) mass is 116 g/mol. The number of rotatable bonds is 0. The summed E-state index contributed by atoms with van der Waals surface area (Å²) in [5.41, 5.74) is 0. The molecule has 0 saturated carbocycles. The molecule has 0 saturated heterocycles. The zero-order valence-corrected chi connectivity index (χ0v) is 4.72. The summed E-state index contributed by atoms with van der Waals surface area (Å²) in [6.07, 6.45) is 11.0. The first-order chi connectivity index (χ1) is 3.00. The van der Waals surface area contributed by atoms with E-state index in [1.54, 1.807) is 0 Å². The second-order valence-corrected chi connectivity index (χ2v) is 1.43. The molecule has 1 aliphatic carbocycles. The van der Waals surface area contributed by atoms with Crippen molar-refractivity contribution in [1.29, 1.82) is 0 Å². The Bertz CT molecular complexity index is 72.5. The van der Waals surface area contributed by atoms with Crippen molar-refractivity contribution in [3.8, 4) is 0 Å². The first-order valence-electron chi connectivity index (χ1n) is 2.32. The van der Waals surface area contributed by atoms with Crippen molar-refractivity contribution in [3.05, 3.63) is 24.3 Å². The molecule has 0 radical (unpaired) electrons. The van der Waals surface area contributed by atoms with E-state index in [0.717, 1.165) is 0 Å². The average Bonchev–Trinajstić information content (AvgIpc) is 1.72. The van der Waals surface area contributed by atoms with E-state index in [-0.39, 0.29) is 11.0 Å². The molecule has 4 N–H and O–H groups in total. The molecule has 0 bridgehead atoms. The molecule has 48 valence electrons. The minimum Gasteiger partial charge on any atom is -0.412 e. The maximum absolute atomic E-state index is 2.18. The summed E-state index contributed by atoms with van der Waals surface area (Å²) >= 11 is 0. The lowest BCUT2D eigenvalue weighted by Crippen LogP contribution is -1.67. The molecule has 0 spiro atoms. The molecule has 0 unspecified atom stereocenters. The van der Waals surface area contributed by atoms with E-state index in [1.807, 2.05) is 0 Å². The van der Waals surface area contributed by atoms with Crippen LogP contribution in [-0.2, 0) is 0 Å². The smallest absolute Gasteiger partial charge is 0.0313 e. The van der Waals surface area contributed by atoms with Crippen LogP contribution in [0.3, 0.4) is 0 Å². The fraction of sp³-hybridized carbons (Fsp3) is 0.333. The molecular weight excluding hydrogens is 104 g/mol. The zero-order valence-electron chi connectivity index (χ0n) is 4.72. The molecule has 0 aliphatic heterocycles. The van der Waals surface area contributed by atoms with E-state index in [0.29, 0.717) is 0 Å². The van der Waals surface area contributed by atoms with Crippen LogP contribution in [0.4, 0.5) is 0 Å². The molecule has 0 fully saturated rings. The first-order valence-corrected chi connectivity index (χ1v) is 2.32.